The first-order valence-electron chi connectivity index (χ1n) is 2.71. The Morgan fingerprint density at radius 2 is 1.78 bits per heavy atom. The predicted molar refractivity (Wildman–Crippen MR) is 52.7 cm³/mol. The van der Waals surface area contributed by atoms with Crippen LogP contribution in [0.25, 0.3) is 0 Å². The summed E-state index contributed by atoms with van der Waals surface area (Å²) >= 11 is 7.78. The summed E-state index contributed by atoms with van der Waals surface area (Å²) < 4.78 is 0. The van der Waals surface area contributed by atoms with Crippen LogP contribution in [-0.4, -0.2) is 11.0 Å². The zero-order valence-corrected chi connectivity index (χ0v) is 7.54. The van der Waals surface area contributed by atoms with Crippen LogP contribution < -0.4 is 0 Å². The molecule has 1 atom stereocenters. The lowest BCUT2D eigenvalue weighted by atomic mass is 10.5. The third-order valence-electron chi connectivity index (χ3n) is 0.470. The molecule has 0 aromatic heterocycles. The van der Waals surface area contributed by atoms with E-state index in [0.29, 0.717) is 5.25 Å². The lowest BCUT2D eigenvalue weighted by Crippen LogP contribution is -1.75. The second kappa shape index (κ2) is 11.0. The van der Waals surface area contributed by atoms with E-state index in [1.165, 1.54) is 0 Å². The quantitative estimate of drug-likeness (QED) is 0.452. The van der Waals surface area contributed by atoms with Crippen molar-refractivity contribution in [3.8, 4) is 0 Å². The standard InChI is InChI=1S/C4H8S.C3H6S/c1-3-4(2)5;1-2-3-4/h3-5H,1H2,2H3;2,4H,1,3H2. The minimum Gasteiger partial charge on any atom is -0.175 e. The highest BCUT2D eigenvalue weighted by molar-refractivity contribution is 7.81. The zero-order valence-electron chi connectivity index (χ0n) is 5.75. The van der Waals surface area contributed by atoms with E-state index in [4.69, 9.17) is 0 Å². The molecular weight excluding hydrogens is 148 g/mol. The molecule has 0 bridgehead atoms. The fourth-order valence-corrected chi connectivity index (χ4v) is 0. The average molecular weight is 162 g/mol. The molecule has 0 aromatic carbocycles. The number of hydrogen-bond acceptors (Lipinski definition) is 2. The third kappa shape index (κ3) is 30.9. The van der Waals surface area contributed by atoms with Gasteiger partial charge in [0.05, 0.1) is 0 Å². The van der Waals surface area contributed by atoms with Crippen molar-refractivity contribution in [3.05, 3.63) is 25.3 Å². The van der Waals surface area contributed by atoms with Gasteiger partial charge in [-0.15, -0.1) is 13.2 Å². The summed E-state index contributed by atoms with van der Waals surface area (Å²) in [5.74, 6) is 0.778. The Morgan fingerprint density at radius 1 is 1.56 bits per heavy atom. The fourth-order valence-electron chi connectivity index (χ4n) is 0. The molecule has 0 rings (SSSR count). The summed E-state index contributed by atoms with van der Waals surface area (Å²) in [6.45, 7) is 8.85. The molecule has 0 saturated heterocycles. The van der Waals surface area contributed by atoms with Crippen LogP contribution in [0.3, 0.4) is 0 Å². The van der Waals surface area contributed by atoms with Crippen LogP contribution in [0, 0.1) is 0 Å². The molecule has 9 heavy (non-hydrogen) atoms. The minimum atomic E-state index is 0.343. The van der Waals surface area contributed by atoms with Gasteiger partial charge in [-0.1, -0.05) is 19.1 Å². The van der Waals surface area contributed by atoms with E-state index in [-0.39, 0.29) is 0 Å². The van der Waals surface area contributed by atoms with Crippen molar-refractivity contribution in [2.45, 2.75) is 12.2 Å². The third-order valence-corrected chi connectivity index (χ3v) is 0.939. The normalized spacial score (nSPS) is 10.6. The van der Waals surface area contributed by atoms with E-state index in [9.17, 15) is 0 Å². The highest BCUT2D eigenvalue weighted by atomic mass is 32.1. The molecule has 0 radical (unpaired) electrons. The number of rotatable bonds is 2. The summed E-state index contributed by atoms with van der Waals surface area (Å²) in [4.78, 5) is 0. The first-order chi connectivity index (χ1) is 4.18. The van der Waals surface area contributed by atoms with Gasteiger partial charge in [-0.3, -0.25) is 0 Å². The molecule has 0 aromatic rings. The Kier molecular flexibility index (Phi) is 14.6. The molecule has 0 amide bonds. The van der Waals surface area contributed by atoms with E-state index in [1.54, 1.807) is 12.2 Å². The molecule has 0 heterocycles. The van der Waals surface area contributed by atoms with Gasteiger partial charge in [0.15, 0.2) is 0 Å². The van der Waals surface area contributed by atoms with Crippen LogP contribution in [0.2, 0.25) is 0 Å². The molecular formula is C7H14S2. The van der Waals surface area contributed by atoms with Crippen LogP contribution in [0.1, 0.15) is 6.92 Å². The first kappa shape index (κ1) is 11.9. The topological polar surface area (TPSA) is 0 Å². The van der Waals surface area contributed by atoms with E-state index in [1.807, 2.05) is 6.92 Å². The van der Waals surface area contributed by atoms with Gasteiger partial charge in [-0.05, 0) is 0 Å². The zero-order chi connectivity index (χ0) is 7.70. The summed E-state index contributed by atoms with van der Waals surface area (Å²) in [6.07, 6.45) is 3.52. The Balaban J connectivity index is 0. The van der Waals surface area contributed by atoms with Crippen molar-refractivity contribution in [1.29, 1.82) is 0 Å². The molecule has 0 fully saturated rings. The maximum Gasteiger partial charge on any atom is 0.0165 e. The van der Waals surface area contributed by atoms with Crippen LogP contribution in [0.5, 0.6) is 0 Å². The van der Waals surface area contributed by atoms with Crippen molar-refractivity contribution in [3.63, 3.8) is 0 Å². The Morgan fingerprint density at radius 3 is 1.78 bits per heavy atom. The van der Waals surface area contributed by atoms with Crippen molar-refractivity contribution < 1.29 is 0 Å². The van der Waals surface area contributed by atoms with Gasteiger partial charge in [0.25, 0.3) is 0 Å². The molecule has 1 unspecified atom stereocenters. The molecule has 0 aliphatic rings. The Bertz CT molecular complexity index is 67.3. The van der Waals surface area contributed by atoms with E-state index < -0.39 is 0 Å². The Labute approximate surface area is 68.9 Å². The Hall–Kier alpha value is 0.180. The van der Waals surface area contributed by atoms with E-state index in [0.717, 1.165) is 5.75 Å². The summed E-state index contributed by atoms with van der Waals surface area (Å²) in [5, 5.41) is 0.343. The molecule has 2 heteroatoms. The second-order valence-electron chi connectivity index (χ2n) is 1.45. The van der Waals surface area contributed by atoms with E-state index in [2.05, 4.69) is 38.4 Å². The monoisotopic (exact) mass is 162 g/mol. The lowest BCUT2D eigenvalue weighted by Gasteiger charge is -1.83. The minimum absolute atomic E-state index is 0.343. The van der Waals surface area contributed by atoms with Gasteiger partial charge in [0, 0.05) is 11.0 Å². The predicted octanol–water partition coefficient (Wildman–Crippen LogP) is 2.59. The molecule has 0 aliphatic heterocycles. The van der Waals surface area contributed by atoms with Gasteiger partial charge < -0.3 is 0 Å². The molecule has 54 valence electrons. The molecule has 0 saturated carbocycles. The van der Waals surface area contributed by atoms with Gasteiger partial charge in [-0.25, -0.2) is 0 Å². The van der Waals surface area contributed by atoms with Crippen LogP contribution >= 0.6 is 25.3 Å². The summed E-state index contributed by atoms with van der Waals surface area (Å²) in [6, 6.07) is 0. The van der Waals surface area contributed by atoms with Gasteiger partial charge in [0.2, 0.25) is 0 Å². The van der Waals surface area contributed by atoms with Crippen LogP contribution in [-0.2, 0) is 0 Å². The number of thiol groups is 2. The van der Waals surface area contributed by atoms with Crippen molar-refractivity contribution in [1.82, 2.24) is 0 Å². The van der Waals surface area contributed by atoms with Crippen molar-refractivity contribution in [2.24, 2.45) is 0 Å². The molecule has 0 aliphatic carbocycles. The maximum atomic E-state index is 3.98. The van der Waals surface area contributed by atoms with Crippen LogP contribution in [0.4, 0.5) is 0 Å². The smallest absolute Gasteiger partial charge is 0.0165 e. The highest BCUT2D eigenvalue weighted by Gasteiger charge is 1.74. The van der Waals surface area contributed by atoms with Gasteiger partial charge >= 0.3 is 0 Å². The SMILES string of the molecule is C=CC(C)S.C=CCS. The van der Waals surface area contributed by atoms with Gasteiger partial charge in [0.1, 0.15) is 0 Å². The van der Waals surface area contributed by atoms with Gasteiger partial charge in [-0.2, -0.15) is 25.3 Å². The van der Waals surface area contributed by atoms with Crippen LogP contribution in [0.15, 0.2) is 25.3 Å². The summed E-state index contributed by atoms with van der Waals surface area (Å²) in [7, 11) is 0. The average Bonchev–Trinajstić information content (AvgIpc) is 1.89. The molecule has 0 spiro atoms. The number of hydrogen-bond donors (Lipinski definition) is 2. The lowest BCUT2D eigenvalue weighted by molar-refractivity contribution is 1.27. The van der Waals surface area contributed by atoms with Crippen molar-refractivity contribution in [2.75, 3.05) is 5.75 Å². The highest BCUT2D eigenvalue weighted by Crippen LogP contribution is 1.88. The first-order valence-corrected chi connectivity index (χ1v) is 3.86. The molecule has 0 N–H and O–H groups in total. The van der Waals surface area contributed by atoms with E-state index >= 15 is 0 Å². The second-order valence-corrected chi connectivity index (χ2v) is 2.63. The maximum absolute atomic E-state index is 3.98. The van der Waals surface area contributed by atoms with Crippen molar-refractivity contribution >= 4 is 25.3 Å². The largest absolute Gasteiger partial charge is 0.175 e. The fraction of sp³-hybridized carbons (Fsp3) is 0.429. The molecule has 0 nitrogen and oxygen atoms in total. The summed E-state index contributed by atoms with van der Waals surface area (Å²) in [5.41, 5.74) is 0.